The third-order valence-electron chi connectivity index (χ3n) is 6.03. The number of para-hydroxylation sites is 2. The zero-order valence-corrected chi connectivity index (χ0v) is 22.6. The zero-order valence-electron chi connectivity index (χ0n) is 21.0. The van der Waals surface area contributed by atoms with Gasteiger partial charge in [0, 0.05) is 18.8 Å². The highest BCUT2D eigenvalue weighted by atomic mass is 32.2. The number of nitrogens with one attached hydrogen (secondary N) is 2. The fourth-order valence-corrected chi connectivity index (χ4v) is 5.81. The minimum Gasteiger partial charge on any atom is -0.490 e. The van der Waals surface area contributed by atoms with Gasteiger partial charge in [-0.1, -0.05) is 43.2 Å². The summed E-state index contributed by atoms with van der Waals surface area (Å²) in [6, 6.07) is 22.6. The number of amides is 1. The monoisotopic (exact) mass is 553 g/mol. The van der Waals surface area contributed by atoms with Crippen LogP contribution in [-0.4, -0.2) is 50.0 Å². The van der Waals surface area contributed by atoms with Crippen LogP contribution in [0.5, 0.6) is 11.5 Å². The molecule has 1 fully saturated rings. The zero-order chi connectivity index (χ0) is 26.8. The molecule has 1 amide bonds. The Morgan fingerprint density at radius 2 is 1.45 bits per heavy atom. The van der Waals surface area contributed by atoms with Crippen LogP contribution < -0.4 is 20.1 Å². The number of anilines is 1. The molecule has 0 unspecified atom stereocenters. The lowest BCUT2D eigenvalue weighted by molar-refractivity contribution is 0.0972. The van der Waals surface area contributed by atoms with Crippen LogP contribution in [0.15, 0.2) is 83.8 Å². The Morgan fingerprint density at radius 1 is 0.816 bits per heavy atom. The van der Waals surface area contributed by atoms with Crippen LogP contribution in [0.2, 0.25) is 0 Å². The molecule has 0 radical (unpaired) electrons. The minimum absolute atomic E-state index is 0.0836. The summed E-state index contributed by atoms with van der Waals surface area (Å²) in [6.07, 6.45) is 3.86. The third-order valence-corrected chi connectivity index (χ3v) is 8.14. The molecular formula is C28H31N3O5S2. The predicted octanol–water partition coefficient (Wildman–Crippen LogP) is 4.84. The van der Waals surface area contributed by atoms with Crippen molar-refractivity contribution in [2.45, 2.75) is 30.6 Å². The molecule has 1 aliphatic rings. The van der Waals surface area contributed by atoms with Crippen LogP contribution in [-0.2, 0) is 10.0 Å². The number of rotatable bonds is 9. The SMILES string of the molecule is O=C(NC(=S)Nc1ccc(S(=O)(=O)N2CCCCCC2)cc1)c1ccccc1OCCOc1ccccc1. The van der Waals surface area contributed by atoms with Gasteiger partial charge in [-0.25, -0.2) is 8.42 Å². The molecule has 1 aliphatic heterocycles. The second-order valence-corrected chi connectivity index (χ2v) is 11.1. The van der Waals surface area contributed by atoms with Crippen LogP contribution in [0.3, 0.4) is 0 Å². The number of benzene rings is 3. The first-order valence-corrected chi connectivity index (χ1v) is 14.4. The van der Waals surface area contributed by atoms with E-state index in [2.05, 4.69) is 10.6 Å². The van der Waals surface area contributed by atoms with Crippen molar-refractivity contribution in [2.24, 2.45) is 0 Å². The molecule has 0 atom stereocenters. The highest BCUT2D eigenvalue weighted by Gasteiger charge is 2.25. The van der Waals surface area contributed by atoms with Crippen molar-refractivity contribution in [1.29, 1.82) is 0 Å². The third kappa shape index (κ3) is 7.53. The molecule has 200 valence electrons. The Hall–Kier alpha value is -3.47. The van der Waals surface area contributed by atoms with Gasteiger partial charge in [0.2, 0.25) is 10.0 Å². The molecule has 0 aromatic heterocycles. The molecule has 1 heterocycles. The summed E-state index contributed by atoms with van der Waals surface area (Å²) in [5, 5.41) is 5.66. The molecule has 3 aromatic carbocycles. The predicted molar refractivity (Wildman–Crippen MR) is 151 cm³/mol. The summed E-state index contributed by atoms with van der Waals surface area (Å²) in [7, 11) is -3.54. The van der Waals surface area contributed by atoms with Gasteiger partial charge in [-0.3, -0.25) is 10.1 Å². The van der Waals surface area contributed by atoms with Crippen molar-refractivity contribution in [3.8, 4) is 11.5 Å². The summed E-state index contributed by atoms with van der Waals surface area (Å²) in [4.78, 5) is 13.1. The smallest absolute Gasteiger partial charge is 0.261 e. The van der Waals surface area contributed by atoms with Crippen LogP contribution in [0.4, 0.5) is 5.69 Å². The highest BCUT2D eigenvalue weighted by molar-refractivity contribution is 7.89. The lowest BCUT2D eigenvalue weighted by atomic mass is 10.2. The van der Waals surface area contributed by atoms with Crippen molar-refractivity contribution < 1.29 is 22.7 Å². The Labute approximate surface area is 229 Å². The van der Waals surface area contributed by atoms with Gasteiger partial charge in [-0.05, 0) is 73.6 Å². The van der Waals surface area contributed by atoms with Gasteiger partial charge in [0.1, 0.15) is 24.7 Å². The second-order valence-electron chi connectivity index (χ2n) is 8.76. The van der Waals surface area contributed by atoms with E-state index in [1.54, 1.807) is 52.8 Å². The number of sulfonamides is 1. The first-order valence-electron chi connectivity index (χ1n) is 12.6. The Bertz CT molecular complexity index is 1320. The van der Waals surface area contributed by atoms with E-state index in [0.29, 0.717) is 36.7 Å². The average molecular weight is 554 g/mol. The molecule has 4 rings (SSSR count). The molecule has 0 aliphatic carbocycles. The Balaban J connectivity index is 1.30. The highest BCUT2D eigenvalue weighted by Crippen LogP contribution is 2.22. The van der Waals surface area contributed by atoms with Gasteiger partial charge in [0.25, 0.3) is 5.91 Å². The van der Waals surface area contributed by atoms with Gasteiger partial charge < -0.3 is 14.8 Å². The fraction of sp³-hybridized carbons (Fsp3) is 0.286. The van der Waals surface area contributed by atoms with Gasteiger partial charge in [-0.15, -0.1) is 0 Å². The molecule has 1 saturated heterocycles. The molecule has 2 N–H and O–H groups in total. The molecule has 0 bridgehead atoms. The Morgan fingerprint density at radius 3 is 2.16 bits per heavy atom. The first kappa shape index (κ1) is 27.6. The lowest BCUT2D eigenvalue weighted by Gasteiger charge is -2.20. The summed E-state index contributed by atoms with van der Waals surface area (Å²) in [5.74, 6) is 0.723. The lowest BCUT2D eigenvalue weighted by Crippen LogP contribution is -2.34. The number of hydrogen-bond acceptors (Lipinski definition) is 6. The van der Waals surface area contributed by atoms with Crippen molar-refractivity contribution in [3.63, 3.8) is 0 Å². The van der Waals surface area contributed by atoms with E-state index >= 15 is 0 Å². The fourth-order valence-electron chi connectivity index (χ4n) is 4.08. The molecule has 0 spiro atoms. The number of thiocarbonyl (C=S) groups is 1. The maximum Gasteiger partial charge on any atom is 0.261 e. The van der Waals surface area contributed by atoms with E-state index in [-0.39, 0.29) is 16.6 Å². The Kier molecular flexibility index (Phi) is 9.69. The van der Waals surface area contributed by atoms with Gasteiger partial charge >= 0.3 is 0 Å². The molecule has 10 heteroatoms. The maximum atomic E-state index is 13.0. The van der Waals surface area contributed by atoms with E-state index in [9.17, 15) is 13.2 Å². The van der Waals surface area contributed by atoms with E-state index in [1.807, 2.05) is 30.3 Å². The van der Waals surface area contributed by atoms with Crippen LogP contribution in [0, 0.1) is 0 Å². The number of hydrogen-bond donors (Lipinski definition) is 2. The number of carbonyl (C=O) groups excluding carboxylic acids is 1. The molecule has 38 heavy (non-hydrogen) atoms. The van der Waals surface area contributed by atoms with Crippen molar-refractivity contribution in [1.82, 2.24) is 9.62 Å². The summed E-state index contributed by atoms with van der Waals surface area (Å²) < 4.78 is 38.9. The topological polar surface area (TPSA) is 97.0 Å². The summed E-state index contributed by atoms with van der Waals surface area (Å²) in [6.45, 7) is 1.67. The van der Waals surface area contributed by atoms with Gasteiger partial charge in [-0.2, -0.15) is 4.31 Å². The number of carbonyl (C=O) groups is 1. The van der Waals surface area contributed by atoms with Gasteiger partial charge in [0.05, 0.1) is 10.5 Å². The first-order chi connectivity index (χ1) is 18.4. The maximum absolute atomic E-state index is 13.0. The molecule has 3 aromatic rings. The number of nitrogens with zero attached hydrogens (tertiary/aromatic N) is 1. The van der Waals surface area contributed by atoms with E-state index < -0.39 is 15.9 Å². The van der Waals surface area contributed by atoms with E-state index in [1.165, 1.54) is 0 Å². The van der Waals surface area contributed by atoms with Gasteiger partial charge in [0.15, 0.2) is 5.11 Å². The van der Waals surface area contributed by atoms with Crippen molar-refractivity contribution >= 4 is 38.9 Å². The normalized spacial score (nSPS) is 14.2. The standard InChI is InChI=1S/C28H31N3O5S2/c32-27(25-12-6-7-13-26(25)36-21-20-35-23-10-4-3-5-11-23)30-28(37)29-22-14-16-24(17-15-22)38(33,34)31-18-8-1-2-9-19-31/h3-7,10-17H,1-2,8-9,18-21H2,(H2,29,30,32,37). The van der Waals surface area contributed by atoms with Crippen molar-refractivity contribution in [3.05, 3.63) is 84.4 Å². The van der Waals surface area contributed by atoms with Crippen LogP contribution in [0.25, 0.3) is 0 Å². The van der Waals surface area contributed by atoms with Crippen molar-refractivity contribution in [2.75, 3.05) is 31.6 Å². The molecular weight excluding hydrogens is 522 g/mol. The summed E-state index contributed by atoms with van der Waals surface area (Å²) >= 11 is 5.31. The average Bonchev–Trinajstić information content (AvgIpc) is 3.23. The number of ether oxygens (including phenoxy) is 2. The quantitative estimate of drug-likeness (QED) is 0.289. The molecule has 0 saturated carbocycles. The van der Waals surface area contributed by atoms with Crippen LogP contribution >= 0.6 is 12.2 Å². The minimum atomic E-state index is -3.54. The largest absolute Gasteiger partial charge is 0.490 e. The van der Waals surface area contributed by atoms with E-state index in [0.717, 1.165) is 31.4 Å². The second kappa shape index (κ2) is 13.4. The molecule has 8 nitrogen and oxygen atoms in total. The van der Waals surface area contributed by atoms with E-state index in [4.69, 9.17) is 21.7 Å². The van der Waals surface area contributed by atoms with Crippen LogP contribution in [0.1, 0.15) is 36.0 Å². The summed E-state index contributed by atoms with van der Waals surface area (Å²) in [5.41, 5.74) is 0.892.